The number of benzene rings is 1. The highest BCUT2D eigenvalue weighted by molar-refractivity contribution is 6.33. The third-order valence-corrected chi connectivity index (χ3v) is 3.27. The number of likely N-dealkylation sites (N-methyl/N-ethyl adjacent to an activating group) is 1. The molecule has 0 heterocycles. The van der Waals surface area contributed by atoms with Crippen molar-refractivity contribution < 1.29 is 4.79 Å². The van der Waals surface area contributed by atoms with Crippen LogP contribution in [0.3, 0.4) is 0 Å². The van der Waals surface area contributed by atoms with Gasteiger partial charge in [0.2, 0.25) is 5.91 Å². The SMILES string of the molecule is CCCCN(CC)CC(=O)Nc1ccc(Cl)c(N)c1. The van der Waals surface area contributed by atoms with Crippen LogP contribution in [0.1, 0.15) is 26.7 Å². The van der Waals surface area contributed by atoms with Gasteiger partial charge in [-0.25, -0.2) is 0 Å². The molecular formula is C14H22ClN3O. The number of rotatable bonds is 7. The molecule has 106 valence electrons. The van der Waals surface area contributed by atoms with Crippen LogP contribution >= 0.6 is 11.6 Å². The van der Waals surface area contributed by atoms with Crippen molar-refractivity contribution in [1.29, 1.82) is 0 Å². The Balaban J connectivity index is 2.51. The summed E-state index contributed by atoms with van der Waals surface area (Å²) in [6, 6.07) is 5.10. The number of hydrogen-bond acceptors (Lipinski definition) is 3. The number of amides is 1. The summed E-state index contributed by atoms with van der Waals surface area (Å²) in [5.74, 6) is -0.0281. The van der Waals surface area contributed by atoms with Crippen LogP contribution in [0.25, 0.3) is 0 Å². The largest absolute Gasteiger partial charge is 0.397 e. The Labute approximate surface area is 119 Å². The lowest BCUT2D eigenvalue weighted by Crippen LogP contribution is -2.33. The Bertz CT molecular complexity index is 423. The summed E-state index contributed by atoms with van der Waals surface area (Å²) >= 11 is 5.84. The summed E-state index contributed by atoms with van der Waals surface area (Å²) in [4.78, 5) is 14.0. The van der Waals surface area contributed by atoms with E-state index in [2.05, 4.69) is 24.1 Å². The van der Waals surface area contributed by atoms with Crippen molar-refractivity contribution in [2.24, 2.45) is 0 Å². The zero-order valence-electron chi connectivity index (χ0n) is 11.6. The van der Waals surface area contributed by atoms with Crippen LogP contribution in [0, 0.1) is 0 Å². The fourth-order valence-corrected chi connectivity index (χ4v) is 1.87. The number of halogens is 1. The molecule has 0 atom stereocenters. The van der Waals surface area contributed by atoms with E-state index >= 15 is 0 Å². The molecule has 0 aliphatic carbocycles. The number of unbranched alkanes of at least 4 members (excludes halogenated alkanes) is 1. The van der Waals surface area contributed by atoms with Gasteiger partial charge in [-0.15, -0.1) is 0 Å². The number of nitrogen functional groups attached to an aromatic ring is 1. The first-order chi connectivity index (χ1) is 9.06. The molecule has 4 nitrogen and oxygen atoms in total. The summed E-state index contributed by atoms with van der Waals surface area (Å²) in [7, 11) is 0. The minimum Gasteiger partial charge on any atom is -0.397 e. The molecule has 0 bridgehead atoms. The van der Waals surface area contributed by atoms with E-state index in [9.17, 15) is 4.79 Å². The van der Waals surface area contributed by atoms with Gasteiger partial charge in [0, 0.05) is 5.69 Å². The van der Waals surface area contributed by atoms with E-state index in [-0.39, 0.29) is 5.91 Å². The number of nitrogens with one attached hydrogen (secondary N) is 1. The Morgan fingerprint density at radius 3 is 2.74 bits per heavy atom. The molecule has 0 fully saturated rings. The van der Waals surface area contributed by atoms with Crippen LogP contribution in [0.2, 0.25) is 5.02 Å². The van der Waals surface area contributed by atoms with E-state index in [4.69, 9.17) is 17.3 Å². The molecule has 1 aromatic rings. The van der Waals surface area contributed by atoms with E-state index in [1.54, 1.807) is 18.2 Å². The quantitative estimate of drug-likeness (QED) is 0.757. The molecule has 0 aromatic heterocycles. The molecule has 0 saturated heterocycles. The first kappa shape index (κ1) is 15.8. The fraction of sp³-hybridized carbons (Fsp3) is 0.500. The van der Waals surface area contributed by atoms with Crippen LogP contribution in [0.5, 0.6) is 0 Å². The van der Waals surface area contributed by atoms with Gasteiger partial charge in [0.15, 0.2) is 0 Å². The van der Waals surface area contributed by atoms with Gasteiger partial charge in [-0.3, -0.25) is 9.69 Å². The van der Waals surface area contributed by atoms with E-state index in [0.29, 0.717) is 22.9 Å². The minimum atomic E-state index is -0.0281. The van der Waals surface area contributed by atoms with E-state index in [1.807, 2.05) is 0 Å². The molecule has 0 unspecified atom stereocenters. The number of anilines is 2. The van der Waals surface area contributed by atoms with Crippen molar-refractivity contribution in [1.82, 2.24) is 4.90 Å². The van der Waals surface area contributed by atoms with Crippen molar-refractivity contribution in [3.63, 3.8) is 0 Å². The third-order valence-electron chi connectivity index (χ3n) is 2.92. The summed E-state index contributed by atoms with van der Waals surface area (Å²) < 4.78 is 0. The van der Waals surface area contributed by atoms with Gasteiger partial charge < -0.3 is 11.1 Å². The zero-order valence-corrected chi connectivity index (χ0v) is 12.3. The Kier molecular flexibility index (Phi) is 6.67. The highest BCUT2D eigenvalue weighted by atomic mass is 35.5. The summed E-state index contributed by atoms with van der Waals surface area (Å²) in [6.45, 7) is 6.42. The molecule has 0 spiro atoms. The maximum absolute atomic E-state index is 11.9. The molecule has 1 amide bonds. The number of nitrogens with zero attached hydrogens (tertiary/aromatic N) is 1. The maximum atomic E-state index is 11.9. The second kappa shape index (κ2) is 8.02. The summed E-state index contributed by atoms with van der Waals surface area (Å²) in [5.41, 5.74) is 6.85. The molecular weight excluding hydrogens is 262 g/mol. The number of carbonyl (C=O) groups is 1. The van der Waals surface area contributed by atoms with E-state index in [0.717, 1.165) is 25.9 Å². The summed E-state index contributed by atoms with van der Waals surface area (Å²) in [5, 5.41) is 3.33. The van der Waals surface area contributed by atoms with Crippen LogP contribution in [0.4, 0.5) is 11.4 Å². The number of nitrogens with two attached hydrogens (primary N) is 1. The molecule has 0 saturated carbocycles. The van der Waals surface area contributed by atoms with Gasteiger partial charge >= 0.3 is 0 Å². The monoisotopic (exact) mass is 283 g/mol. The van der Waals surface area contributed by atoms with Gasteiger partial charge in [0.05, 0.1) is 17.3 Å². The van der Waals surface area contributed by atoms with Crippen LogP contribution in [-0.4, -0.2) is 30.4 Å². The standard InChI is InChI=1S/C14H22ClN3O/c1-3-5-8-18(4-2)10-14(19)17-11-6-7-12(15)13(16)9-11/h6-7,9H,3-5,8,10,16H2,1-2H3,(H,17,19). The smallest absolute Gasteiger partial charge is 0.238 e. The first-order valence-corrected chi connectivity index (χ1v) is 7.01. The minimum absolute atomic E-state index is 0.0281. The lowest BCUT2D eigenvalue weighted by atomic mass is 10.2. The third kappa shape index (κ3) is 5.49. The molecule has 0 aliphatic rings. The molecule has 5 heteroatoms. The topological polar surface area (TPSA) is 58.4 Å². The Morgan fingerprint density at radius 1 is 1.42 bits per heavy atom. The molecule has 3 N–H and O–H groups in total. The van der Waals surface area contributed by atoms with Gasteiger partial charge in [-0.1, -0.05) is 31.9 Å². The van der Waals surface area contributed by atoms with Crippen molar-refractivity contribution in [2.75, 3.05) is 30.7 Å². The van der Waals surface area contributed by atoms with Crippen molar-refractivity contribution in [3.05, 3.63) is 23.2 Å². The predicted molar refractivity (Wildman–Crippen MR) is 81.5 cm³/mol. The second-order valence-electron chi connectivity index (χ2n) is 4.51. The van der Waals surface area contributed by atoms with Crippen molar-refractivity contribution in [3.8, 4) is 0 Å². The fourth-order valence-electron chi connectivity index (χ4n) is 1.76. The lowest BCUT2D eigenvalue weighted by molar-refractivity contribution is -0.117. The normalized spacial score (nSPS) is 10.7. The van der Waals surface area contributed by atoms with Gasteiger partial charge in [0.1, 0.15) is 0 Å². The van der Waals surface area contributed by atoms with Crippen LogP contribution in [-0.2, 0) is 4.79 Å². The van der Waals surface area contributed by atoms with Gasteiger partial charge in [-0.2, -0.15) is 0 Å². The van der Waals surface area contributed by atoms with Gasteiger partial charge in [-0.05, 0) is 37.7 Å². The average Bonchev–Trinajstić information content (AvgIpc) is 2.38. The average molecular weight is 284 g/mol. The molecule has 19 heavy (non-hydrogen) atoms. The van der Waals surface area contributed by atoms with Crippen molar-refractivity contribution in [2.45, 2.75) is 26.7 Å². The lowest BCUT2D eigenvalue weighted by Gasteiger charge is -2.19. The molecule has 1 rings (SSSR count). The summed E-state index contributed by atoms with van der Waals surface area (Å²) in [6.07, 6.45) is 2.24. The number of carbonyl (C=O) groups excluding carboxylic acids is 1. The van der Waals surface area contributed by atoms with Gasteiger partial charge in [0.25, 0.3) is 0 Å². The highest BCUT2D eigenvalue weighted by Crippen LogP contribution is 2.22. The second-order valence-corrected chi connectivity index (χ2v) is 4.91. The van der Waals surface area contributed by atoms with Crippen LogP contribution in [0.15, 0.2) is 18.2 Å². The van der Waals surface area contributed by atoms with E-state index < -0.39 is 0 Å². The number of hydrogen-bond donors (Lipinski definition) is 2. The maximum Gasteiger partial charge on any atom is 0.238 e. The first-order valence-electron chi connectivity index (χ1n) is 6.64. The molecule has 1 aromatic carbocycles. The van der Waals surface area contributed by atoms with Crippen molar-refractivity contribution >= 4 is 28.9 Å². The predicted octanol–water partition coefficient (Wildman–Crippen LogP) is 2.98. The van der Waals surface area contributed by atoms with E-state index in [1.165, 1.54) is 0 Å². The Morgan fingerprint density at radius 2 is 2.16 bits per heavy atom. The Hall–Kier alpha value is -1.26. The van der Waals surface area contributed by atoms with Crippen LogP contribution < -0.4 is 11.1 Å². The highest BCUT2D eigenvalue weighted by Gasteiger charge is 2.09. The molecule has 0 radical (unpaired) electrons. The zero-order chi connectivity index (χ0) is 14.3. The molecule has 0 aliphatic heterocycles.